The summed E-state index contributed by atoms with van der Waals surface area (Å²) in [7, 11) is -9.92. The molecule has 0 aliphatic carbocycles. The van der Waals surface area contributed by atoms with E-state index in [9.17, 15) is 43.2 Å². The number of unbranched alkanes of at least 4 members (excludes halogenated alkanes) is 52. The van der Waals surface area contributed by atoms with Crippen molar-refractivity contribution in [3.63, 3.8) is 0 Å². The summed E-state index contributed by atoms with van der Waals surface area (Å²) < 4.78 is 68.8. The van der Waals surface area contributed by atoms with E-state index in [1.807, 2.05) is 0 Å². The van der Waals surface area contributed by atoms with E-state index in [2.05, 4.69) is 41.5 Å². The summed E-state index contributed by atoms with van der Waals surface area (Å²) in [6.07, 6.45) is 65.1. The molecule has 0 aromatic rings. The van der Waals surface area contributed by atoms with Crippen LogP contribution in [0, 0.1) is 11.8 Å². The molecule has 3 N–H and O–H groups in total. The maximum atomic E-state index is 13.1. The molecule has 102 heavy (non-hydrogen) atoms. The smallest absolute Gasteiger partial charge is 0.462 e. The number of phosphoric acid groups is 2. The van der Waals surface area contributed by atoms with Crippen molar-refractivity contribution in [2.24, 2.45) is 11.8 Å². The molecule has 5 atom stereocenters. The number of ether oxygens (including phenoxy) is 4. The first-order valence-corrected chi connectivity index (χ1v) is 46.0. The molecule has 0 aliphatic heterocycles. The van der Waals surface area contributed by atoms with E-state index in [4.69, 9.17) is 37.0 Å². The summed E-state index contributed by atoms with van der Waals surface area (Å²) in [4.78, 5) is 73.1. The van der Waals surface area contributed by atoms with Gasteiger partial charge in [0.1, 0.15) is 19.3 Å². The van der Waals surface area contributed by atoms with Gasteiger partial charge in [0.25, 0.3) is 0 Å². The number of aliphatic hydroxyl groups is 1. The molecule has 0 radical (unpaired) electrons. The molecule has 19 heteroatoms. The lowest BCUT2D eigenvalue weighted by molar-refractivity contribution is -0.161. The van der Waals surface area contributed by atoms with Gasteiger partial charge in [-0.1, -0.05) is 388 Å². The Morgan fingerprint density at radius 3 is 0.667 bits per heavy atom. The summed E-state index contributed by atoms with van der Waals surface area (Å²) >= 11 is 0. The quantitative estimate of drug-likeness (QED) is 0.0222. The maximum Gasteiger partial charge on any atom is 0.472 e. The van der Waals surface area contributed by atoms with Gasteiger partial charge in [-0.05, 0) is 37.5 Å². The van der Waals surface area contributed by atoms with Gasteiger partial charge in [0.15, 0.2) is 12.2 Å². The third-order valence-electron chi connectivity index (χ3n) is 19.5. The van der Waals surface area contributed by atoms with Crippen LogP contribution in [0.5, 0.6) is 0 Å². The van der Waals surface area contributed by atoms with Crippen LogP contribution in [0.4, 0.5) is 0 Å². The summed E-state index contributed by atoms with van der Waals surface area (Å²) in [5.41, 5.74) is 0. The van der Waals surface area contributed by atoms with Crippen LogP contribution in [-0.4, -0.2) is 96.7 Å². The Labute approximate surface area is 626 Å². The molecule has 0 aliphatic rings. The molecule has 0 bridgehead atoms. The minimum Gasteiger partial charge on any atom is -0.462 e. The first-order valence-electron chi connectivity index (χ1n) is 43.0. The number of hydrogen-bond acceptors (Lipinski definition) is 15. The van der Waals surface area contributed by atoms with Crippen molar-refractivity contribution in [1.82, 2.24) is 0 Å². The topological polar surface area (TPSA) is 237 Å². The normalized spacial score (nSPS) is 13.9. The fraction of sp³-hybridized carbons (Fsp3) is 0.952. The zero-order chi connectivity index (χ0) is 74.9. The first kappa shape index (κ1) is 100. The lowest BCUT2D eigenvalue weighted by Gasteiger charge is -2.21. The van der Waals surface area contributed by atoms with Crippen LogP contribution in [0.25, 0.3) is 0 Å². The van der Waals surface area contributed by atoms with Gasteiger partial charge in [-0.25, -0.2) is 9.13 Å². The van der Waals surface area contributed by atoms with Crippen LogP contribution in [0.1, 0.15) is 440 Å². The van der Waals surface area contributed by atoms with Gasteiger partial charge in [0.05, 0.1) is 26.4 Å². The predicted molar refractivity (Wildman–Crippen MR) is 418 cm³/mol. The zero-order valence-corrected chi connectivity index (χ0v) is 68.7. The summed E-state index contributed by atoms with van der Waals surface area (Å²) in [5, 5.41) is 10.7. The fourth-order valence-corrected chi connectivity index (χ4v) is 14.5. The van der Waals surface area contributed by atoms with E-state index in [0.717, 1.165) is 102 Å². The molecule has 0 saturated carbocycles. The Balaban J connectivity index is 5.26. The molecule has 0 fully saturated rings. The molecular formula is C83H162O17P2. The van der Waals surface area contributed by atoms with Crippen LogP contribution >= 0.6 is 15.6 Å². The number of carbonyl (C=O) groups excluding carboxylic acids is 4. The minimum atomic E-state index is -4.96. The third-order valence-corrected chi connectivity index (χ3v) is 21.4. The van der Waals surface area contributed by atoms with E-state index in [-0.39, 0.29) is 25.7 Å². The molecule has 0 amide bonds. The second kappa shape index (κ2) is 74.5. The van der Waals surface area contributed by atoms with E-state index in [0.29, 0.717) is 25.7 Å². The van der Waals surface area contributed by atoms with Gasteiger partial charge in [-0.2, -0.15) is 0 Å². The van der Waals surface area contributed by atoms with E-state index in [1.54, 1.807) is 0 Å². The van der Waals surface area contributed by atoms with E-state index < -0.39 is 97.5 Å². The van der Waals surface area contributed by atoms with Crippen molar-refractivity contribution in [3.8, 4) is 0 Å². The van der Waals surface area contributed by atoms with Gasteiger partial charge in [-0.15, -0.1) is 0 Å². The molecule has 0 aromatic heterocycles. The molecule has 0 spiro atoms. The average Bonchev–Trinajstić information content (AvgIpc) is 0.985. The van der Waals surface area contributed by atoms with Crippen LogP contribution in [0.15, 0.2) is 0 Å². The lowest BCUT2D eigenvalue weighted by atomic mass is 10.0. The first-order chi connectivity index (χ1) is 49.4. The standard InChI is InChI=1S/C83H162O17P2/c1-7-9-11-13-15-17-19-21-23-24-25-28-32-35-41-47-53-59-65-80(85)93-71-78(99-83(88)68-62-56-50-43-37-33-29-26-27-30-34-39-45-51-57-63-75(3)4)73-97-101(89,90)95-69-77(84)70-96-102(91,92)98-74-79(72-94-81(86)66-60-54-48-44-38-40-46-52-58-64-76(5)6)100-82(87)67-61-55-49-42-36-31-22-20-18-16-14-12-10-8-2/h75-79,84H,7-74H2,1-6H3,(H,89,90)(H,91,92)/t77-,78-,79-/m1/s1. The highest BCUT2D eigenvalue weighted by atomic mass is 31.2. The van der Waals surface area contributed by atoms with Crippen molar-refractivity contribution in [1.29, 1.82) is 0 Å². The Hall–Kier alpha value is -1.94. The number of carbonyl (C=O) groups is 4. The highest BCUT2D eigenvalue weighted by Crippen LogP contribution is 2.45. The Bertz CT molecular complexity index is 1960. The molecule has 0 heterocycles. The SMILES string of the molecule is CCCCCCCCCCCCCCCCCCCCC(=O)OC[C@H](COP(=O)(O)OC[C@@H](O)COP(=O)(O)OC[C@@H](COC(=O)CCCCCCCCCCCC(C)C)OC(=O)CCCCCCCCCCCCCCCC)OC(=O)CCCCCCCCCCCCCCCCCC(C)C. The Kier molecular flexibility index (Phi) is 73.1. The molecule has 0 saturated heterocycles. The zero-order valence-electron chi connectivity index (χ0n) is 66.9. The fourth-order valence-electron chi connectivity index (χ4n) is 12.9. The third kappa shape index (κ3) is 76.3. The van der Waals surface area contributed by atoms with Gasteiger partial charge < -0.3 is 33.8 Å². The summed E-state index contributed by atoms with van der Waals surface area (Å²) in [5.74, 6) is -0.558. The average molecular weight is 1490 g/mol. The molecular weight excluding hydrogens is 1330 g/mol. The van der Waals surface area contributed by atoms with Crippen molar-refractivity contribution in [2.75, 3.05) is 39.6 Å². The van der Waals surface area contributed by atoms with Gasteiger partial charge in [0.2, 0.25) is 0 Å². The van der Waals surface area contributed by atoms with Crippen molar-refractivity contribution in [3.05, 3.63) is 0 Å². The number of phosphoric ester groups is 2. The minimum absolute atomic E-state index is 0.108. The highest BCUT2D eigenvalue weighted by molar-refractivity contribution is 7.47. The van der Waals surface area contributed by atoms with Crippen LogP contribution in [0.3, 0.4) is 0 Å². The Morgan fingerprint density at radius 1 is 0.265 bits per heavy atom. The molecule has 17 nitrogen and oxygen atoms in total. The van der Waals surface area contributed by atoms with Gasteiger partial charge >= 0.3 is 39.5 Å². The molecule has 0 aromatic carbocycles. The second-order valence-electron chi connectivity index (χ2n) is 30.8. The number of hydrogen-bond donors (Lipinski definition) is 3. The van der Waals surface area contributed by atoms with Crippen molar-refractivity contribution in [2.45, 2.75) is 458 Å². The maximum absolute atomic E-state index is 13.1. The van der Waals surface area contributed by atoms with Crippen LogP contribution in [-0.2, 0) is 65.4 Å². The monoisotopic (exact) mass is 1490 g/mol. The molecule has 606 valence electrons. The van der Waals surface area contributed by atoms with Crippen LogP contribution in [0.2, 0.25) is 0 Å². The number of aliphatic hydroxyl groups excluding tert-OH is 1. The molecule has 2 unspecified atom stereocenters. The van der Waals surface area contributed by atoms with Crippen LogP contribution < -0.4 is 0 Å². The van der Waals surface area contributed by atoms with E-state index in [1.165, 1.54) is 257 Å². The summed E-state index contributed by atoms with van der Waals surface area (Å²) in [6.45, 7) is 9.66. The Morgan fingerprint density at radius 2 is 0.451 bits per heavy atom. The predicted octanol–water partition coefficient (Wildman–Crippen LogP) is 25.1. The lowest BCUT2D eigenvalue weighted by Crippen LogP contribution is -2.30. The van der Waals surface area contributed by atoms with Gasteiger partial charge in [0, 0.05) is 25.7 Å². The molecule has 0 rings (SSSR count). The largest absolute Gasteiger partial charge is 0.472 e. The van der Waals surface area contributed by atoms with Crippen molar-refractivity contribution >= 4 is 39.5 Å². The number of rotatable bonds is 82. The van der Waals surface area contributed by atoms with Crippen molar-refractivity contribution < 1.29 is 80.2 Å². The second-order valence-corrected chi connectivity index (χ2v) is 33.7. The number of esters is 4. The van der Waals surface area contributed by atoms with Gasteiger partial charge in [-0.3, -0.25) is 37.3 Å². The van der Waals surface area contributed by atoms with E-state index >= 15 is 0 Å². The highest BCUT2D eigenvalue weighted by Gasteiger charge is 2.30. The summed E-state index contributed by atoms with van der Waals surface area (Å²) in [6, 6.07) is 0.